The van der Waals surface area contributed by atoms with Gasteiger partial charge in [-0.2, -0.15) is 5.26 Å². The Morgan fingerprint density at radius 1 is 0.514 bits per heavy atom. The smallest absolute Gasteiger partial charge is 0.543 e. The Kier molecular flexibility index (Phi) is 26.0. The van der Waals surface area contributed by atoms with Crippen LogP contribution in [0.1, 0.15) is 115 Å². The standard InChI is InChI=1S/C15H10N4O.C15H11N3O3.C14H12N4O.C10H8N2O4.C8H6Br2N2.C8H8N2O2.C7H6N2O.Na/c16-7-11-4-9-5-15(6-10(9)8-18-11)12-2-1-3-17-13(12)19-14(15)20;19-13(20)11-4-8-5-15(6-9(8)7-17-11)10-2-1-3-16-12(10)18-14(15)21;15-11-4-8-5-14(6-9(8)7-17-11)10-2-1-3-16-12(10)18-13(14)19;1-11-8-4-6(9(13)15-2)7(5-12-8)10(14)16-3;1-11-8-2-6(3-9)7(4-10)5-12-8;1-9-8-2-6(4-11)7(5-12)3-10-8;10-6-4-5-2-1-3-8-7(5)9-6;/h1-4,8H,5-6H2,(H,17,19,20);1-4,7H,5-6H2,(H,19,20)(H,16,18,21);1-4,7H,5-6H2,(H2,15,17)(H,16,18,19);4-5H,2-3H3;2,5H,3-4H2;2-3,11-12H,4-5H2;1-3H,4H2,(H,8,9,10);/q;;;;;;;+1/p-1. The third kappa shape index (κ3) is 17.2. The van der Waals surface area contributed by atoms with Crippen LogP contribution in [0.25, 0.3) is 14.5 Å². The molecule has 0 saturated heterocycles. The zero-order valence-electron chi connectivity index (χ0n) is 59.2. The van der Waals surface area contributed by atoms with Gasteiger partial charge in [-0.05, 0) is 144 Å². The van der Waals surface area contributed by atoms with Crippen molar-refractivity contribution in [2.24, 2.45) is 0 Å². The van der Waals surface area contributed by atoms with E-state index in [-0.39, 0.29) is 94.9 Å². The van der Waals surface area contributed by atoms with E-state index in [9.17, 15) is 38.7 Å². The van der Waals surface area contributed by atoms with Gasteiger partial charge in [0.25, 0.3) is 17.5 Å². The summed E-state index contributed by atoms with van der Waals surface area (Å²) in [6.45, 7) is 19.9. The van der Waals surface area contributed by atoms with Crippen molar-refractivity contribution in [2.75, 3.05) is 41.2 Å². The Labute approximate surface area is 672 Å². The maximum Gasteiger partial charge on any atom is 1.00 e. The summed E-state index contributed by atoms with van der Waals surface area (Å²) < 4.78 is 8.97. The molecule has 3 unspecified atom stereocenters. The number of hydrogen-bond acceptors (Lipinski definition) is 24. The molecule has 31 nitrogen and oxygen atoms in total. The number of carbonyl (C=O) groups is 7. The fourth-order valence-electron chi connectivity index (χ4n) is 13.4. The van der Waals surface area contributed by atoms with Crippen LogP contribution >= 0.6 is 31.9 Å². The number of methoxy groups -OCH3 is 2. The van der Waals surface area contributed by atoms with Gasteiger partial charge in [0.2, 0.25) is 23.6 Å². The quantitative estimate of drug-likeness (QED) is 0.0475. The number of nitrogens with two attached hydrogens (primary N) is 1. The normalized spacial score (nSPS) is 16.8. The Bertz CT molecular complexity index is 5470. The molecule has 17 rings (SSSR count). The molecular weight excluding hydrogens is 1570 g/mol. The first-order valence-corrected chi connectivity index (χ1v) is 35.3. The number of carboxylic acids is 1. The molecule has 34 heteroatoms. The van der Waals surface area contributed by atoms with Crippen LogP contribution in [-0.4, -0.2) is 116 Å². The number of aromatic nitrogens is 10. The molecule has 7 aliphatic rings. The molecule has 0 saturated carbocycles. The average molecular weight is 1630 g/mol. The van der Waals surface area contributed by atoms with Crippen LogP contribution in [0.3, 0.4) is 0 Å². The Balaban J connectivity index is 0.000000139. The molecular formula is C77H60Br2N19NaO12. The van der Waals surface area contributed by atoms with Gasteiger partial charge in [-0.1, -0.05) is 75.8 Å². The fourth-order valence-corrected chi connectivity index (χ4v) is 14.5. The maximum absolute atomic E-state index is 12.4. The summed E-state index contributed by atoms with van der Waals surface area (Å²) in [4.78, 5) is 131. The van der Waals surface area contributed by atoms with Crippen molar-refractivity contribution in [1.82, 2.24) is 49.8 Å². The number of carboxylic acid groups (broad SMARTS) is 1. The fraction of sp³-hybridized carbons (Fsp3) is 0.208. The maximum atomic E-state index is 12.4. The van der Waals surface area contributed by atoms with Crippen LogP contribution in [0.5, 0.6) is 0 Å². The van der Waals surface area contributed by atoms with E-state index in [2.05, 4.69) is 127 Å². The second kappa shape index (κ2) is 35.6. The number of halogens is 2. The number of alkyl halides is 2. The predicted octanol–water partition coefficient (Wildman–Crippen LogP) is 5.04. The topological polar surface area (TPSA) is 441 Å². The number of aromatic carboxylic acids is 1. The van der Waals surface area contributed by atoms with Crippen molar-refractivity contribution in [3.05, 3.63) is 282 Å². The molecule has 10 aromatic rings. The summed E-state index contributed by atoms with van der Waals surface area (Å²) in [5.74, 6) is 1.05. The van der Waals surface area contributed by atoms with E-state index >= 15 is 0 Å². The van der Waals surface area contributed by atoms with Crippen LogP contribution < -0.4 is 61.7 Å². The van der Waals surface area contributed by atoms with Gasteiger partial charge >= 0.3 is 41.5 Å². The molecule has 4 amide bonds. The van der Waals surface area contributed by atoms with Gasteiger partial charge in [0.15, 0.2) is 0 Å². The first-order valence-electron chi connectivity index (χ1n) is 33.1. The molecule has 4 aliphatic heterocycles. The summed E-state index contributed by atoms with van der Waals surface area (Å²) in [5, 5.41) is 50.2. The van der Waals surface area contributed by atoms with E-state index in [1.165, 1.54) is 44.8 Å². The zero-order chi connectivity index (χ0) is 78.4. The molecule has 3 aliphatic carbocycles. The van der Waals surface area contributed by atoms with Crippen LogP contribution in [0.4, 0.5) is 46.5 Å². The largest absolute Gasteiger partial charge is 1.00 e. The second-order valence-electron chi connectivity index (χ2n) is 25.2. The molecule has 0 radical (unpaired) electrons. The molecule has 0 fully saturated rings. The SMILES string of the molecule is N#Cc1cc2c(cn1)CC1(C2)C(=O)Nc2ncccc21.Nc1cc2c(cn1)CC1(C2)C(=O)Nc2ncccc21.O=C([O-])c1cc2c(cn1)CC1(C2)C(=O)Nc2ncccc21.O=C1Cc2cccnc2N1.[C-]#[N+]c1cc(C(=O)OC)c(C(=O)OC)cn1.[C-]#[N+]c1cc(CBr)c(CBr)cn1.[C-]#[N+]c1cc(CO)c(CO)cn1.[Na+]. The number of amides is 4. The van der Waals surface area contributed by atoms with E-state index in [0.29, 0.717) is 96.7 Å². The average Bonchev–Trinajstić information content (AvgIpc) is 1.58. The molecule has 0 bridgehead atoms. The number of hydrogen-bond donors (Lipinski definition) is 7. The minimum atomic E-state index is -1.31. The van der Waals surface area contributed by atoms with E-state index < -0.39 is 34.2 Å². The molecule has 3 spiro atoms. The van der Waals surface area contributed by atoms with Gasteiger partial charge in [0.1, 0.15) is 65.0 Å². The van der Waals surface area contributed by atoms with Gasteiger partial charge in [-0.3, -0.25) is 24.2 Å². The van der Waals surface area contributed by atoms with Crippen molar-refractivity contribution in [3.63, 3.8) is 0 Å². The van der Waals surface area contributed by atoms with Gasteiger partial charge in [-0.25, -0.2) is 39.5 Å². The number of anilines is 5. The first kappa shape index (κ1) is 81.0. The van der Waals surface area contributed by atoms with Crippen LogP contribution in [0, 0.1) is 31.0 Å². The Morgan fingerprint density at radius 3 is 1.41 bits per heavy atom. The van der Waals surface area contributed by atoms with E-state index in [1.54, 1.807) is 61.6 Å². The molecule has 10 aromatic heterocycles. The first-order chi connectivity index (χ1) is 53.1. The van der Waals surface area contributed by atoms with Crippen LogP contribution in [0.15, 0.2) is 147 Å². The van der Waals surface area contributed by atoms with E-state index in [4.69, 9.17) is 40.9 Å². The Hall–Kier alpha value is -12.6. The summed E-state index contributed by atoms with van der Waals surface area (Å²) in [6, 6.07) is 26.7. The number of pyridine rings is 10. The van der Waals surface area contributed by atoms with Gasteiger partial charge in [0, 0.05) is 87.4 Å². The number of nitriles is 1. The summed E-state index contributed by atoms with van der Waals surface area (Å²) in [5.41, 5.74) is 17.3. The van der Waals surface area contributed by atoms with Gasteiger partial charge in [-0.15, -0.1) is 15.0 Å². The van der Waals surface area contributed by atoms with Crippen LogP contribution in [-0.2, 0) is 114 Å². The number of nitrogens with zero attached hydrogens (tertiary/aromatic N) is 14. The number of fused-ring (bicyclic) bond motifs is 10. The molecule has 14 heterocycles. The van der Waals surface area contributed by atoms with Crippen molar-refractivity contribution in [2.45, 2.75) is 85.1 Å². The number of carbonyl (C=O) groups excluding carboxylic acids is 7. The number of nitrogen functional groups attached to an aromatic ring is 1. The van der Waals surface area contributed by atoms with Crippen molar-refractivity contribution >= 4 is 120 Å². The number of nitrogens with one attached hydrogen (secondary N) is 4. The minimum Gasteiger partial charge on any atom is -0.543 e. The minimum absolute atomic E-state index is 0. The second-order valence-corrected chi connectivity index (χ2v) is 26.3. The van der Waals surface area contributed by atoms with Crippen molar-refractivity contribution in [1.29, 1.82) is 5.26 Å². The van der Waals surface area contributed by atoms with E-state index in [1.807, 2.05) is 54.6 Å². The molecule has 8 N–H and O–H groups in total. The predicted molar refractivity (Wildman–Crippen MR) is 400 cm³/mol. The molecule has 550 valence electrons. The summed E-state index contributed by atoms with van der Waals surface area (Å²) in [6.07, 6.45) is 19.9. The number of rotatable bonds is 7. The third-order valence-electron chi connectivity index (χ3n) is 18.8. The van der Waals surface area contributed by atoms with Crippen molar-refractivity contribution in [3.8, 4) is 6.07 Å². The third-order valence-corrected chi connectivity index (χ3v) is 20.0. The monoisotopic (exact) mass is 1620 g/mol. The summed E-state index contributed by atoms with van der Waals surface area (Å²) >= 11 is 6.72. The molecule has 3 atom stereocenters. The number of ether oxygens (including phenoxy) is 2. The zero-order valence-corrected chi connectivity index (χ0v) is 64.4. The number of aliphatic hydroxyl groups is 2. The van der Waals surface area contributed by atoms with E-state index in [0.717, 1.165) is 83.6 Å². The molecule has 111 heavy (non-hydrogen) atoms. The van der Waals surface area contributed by atoms with Crippen LogP contribution in [0.2, 0.25) is 0 Å². The van der Waals surface area contributed by atoms with Gasteiger partial charge < -0.3 is 71.1 Å². The molecule has 0 aromatic carbocycles. The number of esters is 2. The van der Waals surface area contributed by atoms with Gasteiger partial charge in [0.05, 0.1) is 67.3 Å². The Morgan fingerprint density at radius 2 is 0.937 bits per heavy atom. The number of aliphatic hydroxyl groups excluding tert-OH is 2. The van der Waals surface area contributed by atoms with Crippen molar-refractivity contribution < 1.29 is 87.9 Å². The summed E-state index contributed by atoms with van der Waals surface area (Å²) in [7, 11) is 2.37.